The first-order valence-corrected chi connectivity index (χ1v) is 7.78. The molecule has 25 heavy (non-hydrogen) atoms. The summed E-state index contributed by atoms with van der Waals surface area (Å²) in [6, 6.07) is 11.7. The highest BCUT2D eigenvalue weighted by molar-refractivity contribution is 6.02. The van der Waals surface area contributed by atoms with Gasteiger partial charge < -0.3 is 20.1 Å². The number of rotatable bonds is 7. The van der Waals surface area contributed by atoms with Crippen LogP contribution >= 0.6 is 0 Å². The smallest absolute Gasteiger partial charge is 0.248 e. The van der Waals surface area contributed by atoms with Gasteiger partial charge in [0.1, 0.15) is 0 Å². The van der Waals surface area contributed by atoms with Crippen LogP contribution in [0.15, 0.2) is 48.5 Å². The molecule has 0 atom stereocenters. The van der Waals surface area contributed by atoms with E-state index in [1.165, 1.54) is 25.3 Å². The van der Waals surface area contributed by atoms with Crippen molar-refractivity contribution in [1.29, 1.82) is 0 Å². The predicted molar refractivity (Wildman–Crippen MR) is 97.4 cm³/mol. The normalized spacial score (nSPS) is 10.7. The Hall–Kier alpha value is -2.86. The fraction of sp³-hybridized carbons (Fsp3) is 0.211. The zero-order valence-corrected chi connectivity index (χ0v) is 14.2. The Morgan fingerprint density at radius 2 is 2.00 bits per heavy atom. The third-order valence-corrected chi connectivity index (χ3v) is 3.61. The molecule has 0 saturated heterocycles. The van der Waals surface area contributed by atoms with Gasteiger partial charge in [-0.05, 0) is 48.0 Å². The monoisotopic (exact) mass is 344 g/mol. The lowest BCUT2D eigenvalue weighted by molar-refractivity contribution is -0.111. The van der Waals surface area contributed by atoms with Gasteiger partial charge >= 0.3 is 0 Å². The zero-order chi connectivity index (χ0) is 18.2. The van der Waals surface area contributed by atoms with Crippen LogP contribution in [0.2, 0.25) is 0 Å². The predicted octanol–water partition coefficient (Wildman–Crippen LogP) is 2.91. The van der Waals surface area contributed by atoms with Gasteiger partial charge in [-0.25, -0.2) is 4.39 Å². The number of nitrogens with zero attached hydrogens (tertiary/aromatic N) is 1. The van der Waals surface area contributed by atoms with Gasteiger partial charge in [0, 0.05) is 31.0 Å². The Balaban J connectivity index is 1.98. The van der Waals surface area contributed by atoms with Crippen LogP contribution in [0.1, 0.15) is 5.56 Å². The molecule has 2 aromatic carbocycles. The number of aliphatic hydroxyl groups excluding tert-OH is 1. The van der Waals surface area contributed by atoms with Crippen LogP contribution in [0.25, 0.3) is 6.08 Å². The van der Waals surface area contributed by atoms with Crippen LogP contribution in [-0.4, -0.2) is 38.3 Å². The van der Waals surface area contributed by atoms with Gasteiger partial charge in [0.25, 0.3) is 0 Å². The van der Waals surface area contributed by atoms with Crippen molar-refractivity contribution in [2.75, 3.05) is 37.5 Å². The summed E-state index contributed by atoms with van der Waals surface area (Å²) in [5.74, 6) is -0.611. The Bertz CT molecular complexity index is 745. The number of hydrogen-bond donors (Lipinski definition) is 2. The van der Waals surface area contributed by atoms with Crippen LogP contribution in [-0.2, 0) is 4.79 Å². The SMILES string of the molecule is COc1cc(/C=C/C(=O)Nc2ccc(N(C)CCO)cc2)ccc1F. The third kappa shape index (κ3) is 5.32. The van der Waals surface area contributed by atoms with Crippen LogP contribution in [0.5, 0.6) is 5.75 Å². The average molecular weight is 344 g/mol. The molecule has 132 valence electrons. The summed E-state index contributed by atoms with van der Waals surface area (Å²) in [5.41, 5.74) is 2.27. The van der Waals surface area contributed by atoms with Gasteiger partial charge in [-0.15, -0.1) is 0 Å². The number of halogens is 1. The molecule has 2 rings (SSSR count). The summed E-state index contributed by atoms with van der Waals surface area (Å²) in [6.45, 7) is 0.615. The lowest BCUT2D eigenvalue weighted by atomic mass is 10.2. The van der Waals surface area contributed by atoms with Crippen molar-refractivity contribution in [2.45, 2.75) is 0 Å². The molecule has 0 heterocycles. The minimum atomic E-state index is -0.449. The number of aliphatic hydroxyl groups is 1. The molecule has 0 aliphatic rings. The van der Waals surface area contributed by atoms with Crippen molar-refractivity contribution in [1.82, 2.24) is 0 Å². The second-order valence-electron chi connectivity index (χ2n) is 5.41. The molecule has 2 N–H and O–H groups in total. The molecule has 0 aliphatic heterocycles. The molecule has 0 radical (unpaired) electrons. The number of methoxy groups -OCH3 is 1. The quantitative estimate of drug-likeness (QED) is 0.758. The van der Waals surface area contributed by atoms with E-state index in [-0.39, 0.29) is 18.3 Å². The summed E-state index contributed by atoms with van der Waals surface area (Å²) in [7, 11) is 3.27. The van der Waals surface area contributed by atoms with Crippen LogP contribution in [0.4, 0.5) is 15.8 Å². The minimum Gasteiger partial charge on any atom is -0.494 e. The molecule has 0 aliphatic carbocycles. The topological polar surface area (TPSA) is 61.8 Å². The van der Waals surface area contributed by atoms with Gasteiger partial charge in [0.15, 0.2) is 11.6 Å². The van der Waals surface area contributed by atoms with Crippen molar-refractivity contribution >= 4 is 23.4 Å². The fourth-order valence-electron chi connectivity index (χ4n) is 2.21. The van der Waals surface area contributed by atoms with E-state index in [0.717, 1.165) is 5.69 Å². The maximum Gasteiger partial charge on any atom is 0.248 e. The van der Waals surface area contributed by atoms with Gasteiger partial charge in [-0.2, -0.15) is 0 Å². The number of amides is 1. The highest BCUT2D eigenvalue weighted by Gasteiger charge is 2.04. The summed E-state index contributed by atoms with van der Waals surface area (Å²) < 4.78 is 18.3. The van der Waals surface area contributed by atoms with E-state index in [0.29, 0.717) is 17.8 Å². The molecule has 0 spiro atoms. The lowest BCUT2D eigenvalue weighted by Gasteiger charge is -2.18. The maximum atomic E-state index is 13.3. The van der Waals surface area contributed by atoms with Crippen LogP contribution in [0.3, 0.4) is 0 Å². The van der Waals surface area contributed by atoms with E-state index in [1.807, 2.05) is 24.1 Å². The molecule has 6 heteroatoms. The number of nitrogens with one attached hydrogen (secondary N) is 1. The third-order valence-electron chi connectivity index (χ3n) is 3.61. The molecule has 0 fully saturated rings. The molecule has 0 saturated carbocycles. The summed E-state index contributed by atoms with van der Waals surface area (Å²) >= 11 is 0. The molecule has 2 aromatic rings. The molecule has 0 aromatic heterocycles. The average Bonchev–Trinajstić information content (AvgIpc) is 2.62. The molecule has 1 amide bonds. The second-order valence-corrected chi connectivity index (χ2v) is 5.41. The Kier molecular flexibility index (Phi) is 6.54. The summed E-state index contributed by atoms with van der Waals surface area (Å²) in [6.07, 6.45) is 2.96. The maximum absolute atomic E-state index is 13.3. The van der Waals surface area contributed by atoms with Crippen LogP contribution < -0.4 is 15.0 Å². The molecular weight excluding hydrogens is 323 g/mol. The van der Waals surface area contributed by atoms with Crippen LogP contribution in [0, 0.1) is 5.82 Å². The Labute approximate surface area is 146 Å². The number of anilines is 2. The number of carbonyl (C=O) groups is 1. The lowest BCUT2D eigenvalue weighted by Crippen LogP contribution is -2.20. The van der Waals surface area contributed by atoms with Crippen molar-refractivity contribution < 1.29 is 19.0 Å². The second kappa shape index (κ2) is 8.84. The first-order valence-electron chi connectivity index (χ1n) is 7.78. The van der Waals surface area contributed by atoms with Crippen molar-refractivity contribution in [2.24, 2.45) is 0 Å². The summed E-state index contributed by atoms with van der Waals surface area (Å²) in [4.78, 5) is 13.9. The van der Waals surface area contributed by atoms with Crippen molar-refractivity contribution in [3.05, 3.63) is 59.9 Å². The number of carbonyl (C=O) groups excluding carboxylic acids is 1. The summed E-state index contributed by atoms with van der Waals surface area (Å²) in [5, 5.41) is 11.7. The highest BCUT2D eigenvalue weighted by atomic mass is 19.1. The number of benzene rings is 2. The van der Waals surface area contributed by atoms with Crippen molar-refractivity contribution in [3.8, 4) is 5.75 Å². The molecule has 0 unspecified atom stereocenters. The Morgan fingerprint density at radius 3 is 2.64 bits per heavy atom. The molecule has 0 bridgehead atoms. The largest absolute Gasteiger partial charge is 0.494 e. The number of hydrogen-bond acceptors (Lipinski definition) is 4. The van der Waals surface area contributed by atoms with E-state index >= 15 is 0 Å². The fourth-order valence-corrected chi connectivity index (χ4v) is 2.21. The Morgan fingerprint density at radius 1 is 1.28 bits per heavy atom. The number of likely N-dealkylation sites (N-methyl/N-ethyl adjacent to an activating group) is 1. The zero-order valence-electron chi connectivity index (χ0n) is 14.2. The number of ether oxygens (including phenoxy) is 1. The van der Waals surface area contributed by atoms with E-state index < -0.39 is 5.82 Å². The van der Waals surface area contributed by atoms with Gasteiger partial charge in [0.2, 0.25) is 5.91 Å². The standard InChI is InChI=1S/C19H21FN2O3/c1-22(11-12-23)16-7-5-15(6-8-16)21-19(24)10-4-14-3-9-17(20)18(13-14)25-2/h3-10,13,23H,11-12H2,1-2H3,(H,21,24)/b10-4+. The van der Waals surface area contributed by atoms with Gasteiger partial charge in [-0.3, -0.25) is 4.79 Å². The molecular formula is C19H21FN2O3. The highest BCUT2D eigenvalue weighted by Crippen LogP contribution is 2.19. The van der Waals surface area contributed by atoms with E-state index in [4.69, 9.17) is 9.84 Å². The van der Waals surface area contributed by atoms with E-state index in [2.05, 4.69) is 5.32 Å². The van der Waals surface area contributed by atoms with E-state index in [9.17, 15) is 9.18 Å². The first kappa shape index (κ1) is 18.5. The minimum absolute atomic E-state index is 0.0773. The van der Waals surface area contributed by atoms with Gasteiger partial charge in [0.05, 0.1) is 13.7 Å². The van der Waals surface area contributed by atoms with Crippen molar-refractivity contribution in [3.63, 3.8) is 0 Å². The van der Waals surface area contributed by atoms with Gasteiger partial charge in [-0.1, -0.05) is 6.07 Å². The molecule has 5 nitrogen and oxygen atoms in total. The first-order chi connectivity index (χ1) is 12.0. The van der Waals surface area contributed by atoms with E-state index in [1.54, 1.807) is 24.3 Å².